The first-order valence-electron chi connectivity index (χ1n) is 3.92. The number of aromatic nitrogens is 1. The van der Waals surface area contributed by atoms with Crippen molar-refractivity contribution in [3.8, 4) is 10.6 Å². The lowest BCUT2D eigenvalue weighted by atomic mass is 10.3. The highest BCUT2D eigenvalue weighted by Gasteiger charge is 2.15. The molecule has 2 rings (SSSR count). The fourth-order valence-corrected chi connectivity index (χ4v) is 2.00. The summed E-state index contributed by atoms with van der Waals surface area (Å²) in [5, 5.41) is 9.50. The summed E-state index contributed by atoms with van der Waals surface area (Å²) in [6.07, 6.45) is 3.08. The van der Waals surface area contributed by atoms with Crippen molar-refractivity contribution in [1.29, 1.82) is 0 Å². The molecule has 2 heterocycles. The lowest BCUT2D eigenvalue weighted by molar-refractivity contribution is 0.0701. The van der Waals surface area contributed by atoms with Crippen molar-refractivity contribution >= 4 is 17.3 Å². The zero-order valence-electron chi connectivity index (χ0n) is 7.35. The van der Waals surface area contributed by atoms with Gasteiger partial charge in [-0.3, -0.25) is 0 Å². The molecule has 4 nitrogen and oxygen atoms in total. The molecule has 0 unspecified atom stereocenters. The predicted octanol–water partition coefficient (Wildman–Crippen LogP) is 2.41. The monoisotopic (exact) mass is 209 g/mol. The third-order valence-electron chi connectivity index (χ3n) is 1.76. The molecule has 0 atom stereocenters. The molecule has 0 aliphatic heterocycles. The summed E-state index contributed by atoms with van der Waals surface area (Å²) in [7, 11) is 0. The van der Waals surface area contributed by atoms with Crippen molar-refractivity contribution in [3.05, 3.63) is 29.2 Å². The molecular formula is C9H7NO3S. The molecule has 72 valence electrons. The Morgan fingerprint density at radius 2 is 2.43 bits per heavy atom. The van der Waals surface area contributed by atoms with Gasteiger partial charge in [-0.25, -0.2) is 9.78 Å². The molecule has 0 aliphatic rings. The van der Waals surface area contributed by atoms with Gasteiger partial charge >= 0.3 is 5.97 Å². The average molecular weight is 209 g/mol. The zero-order chi connectivity index (χ0) is 10.1. The van der Waals surface area contributed by atoms with Crippen molar-refractivity contribution in [1.82, 2.24) is 4.98 Å². The van der Waals surface area contributed by atoms with E-state index in [1.165, 1.54) is 6.26 Å². The van der Waals surface area contributed by atoms with Crippen LogP contribution in [-0.4, -0.2) is 16.1 Å². The van der Waals surface area contributed by atoms with Crippen LogP contribution in [0.2, 0.25) is 0 Å². The number of hydrogen-bond donors (Lipinski definition) is 1. The van der Waals surface area contributed by atoms with Gasteiger partial charge in [0.05, 0.1) is 12.0 Å². The summed E-state index contributed by atoms with van der Waals surface area (Å²) in [5.74, 6) is -0.935. The van der Waals surface area contributed by atoms with Gasteiger partial charge in [-0.05, 0) is 13.0 Å². The van der Waals surface area contributed by atoms with Crippen LogP contribution in [0.15, 0.2) is 23.0 Å². The fourth-order valence-electron chi connectivity index (χ4n) is 1.10. The minimum Gasteiger partial charge on any atom is -0.477 e. The van der Waals surface area contributed by atoms with Crippen LogP contribution in [0.4, 0.5) is 0 Å². The van der Waals surface area contributed by atoms with Gasteiger partial charge in [0.1, 0.15) is 16.1 Å². The smallest absolute Gasteiger partial charge is 0.347 e. The van der Waals surface area contributed by atoms with Gasteiger partial charge in [0, 0.05) is 5.56 Å². The second kappa shape index (κ2) is 3.26. The number of rotatable bonds is 2. The first-order chi connectivity index (χ1) is 6.68. The lowest BCUT2D eigenvalue weighted by Gasteiger charge is -1.84. The third-order valence-corrected chi connectivity index (χ3v) is 2.95. The number of thiazole rings is 1. The first kappa shape index (κ1) is 8.96. The topological polar surface area (TPSA) is 63.3 Å². The molecule has 0 bridgehead atoms. The molecule has 0 saturated carbocycles. The quantitative estimate of drug-likeness (QED) is 0.824. The molecular weight excluding hydrogens is 202 g/mol. The van der Waals surface area contributed by atoms with Crippen LogP contribution in [-0.2, 0) is 0 Å². The van der Waals surface area contributed by atoms with Crippen LogP contribution in [0.5, 0.6) is 0 Å². The molecule has 1 N–H and O–H groups in total. The lowest BCUT2D eigenvalue weighted by Crippen LogP contribution is -1.94. The summed E-state index contributed by atoms with van der Waals surface area (Å²) < 4.78 is 4.90. The maximum atomic E-state index is 10.8. The minimum absolute atomic E-state index is 0.279. The average Bonchev–Trinajstić information content (AvgIpc) is 2.70. The van der Waals surface area contributed by atoms with Crippen molar-refractivity contribution in [2.24, 2.45) is 0 Å². The Bertz CT molecular complexity index is 458. The van der Waals surface area contributed by atoms with Crippen LogP contribution >= 0.6 is 11.3 Å². The fraction of sp³-hybridized carbons (Fsp3) is 0.111. The second-order valence-electron chi connectivity index (χ2n) is 2.75. The normalized spacial score (nSPS) is 10.4. The van der Waals surface area contributed by atoms with Crippen molar-refractivity contribution in [2.45, 2.75) is 6.92 Å². The van der Waals surface area contributed by atoms with E-state index >= 15 is 0 Å². The number of carbonyl (C=O) groups is 1. The van der Waals surface area contributed by atoms with Gasteiger partial charge in [0.15, 0.2) is 0 Å². The number of nitrogens with zero attached hydrogens (tertiary/aromatic N) is 1. The summed E-state index contributed by atoms with van der Waals surface area (Å²) in [4.78, 5) is 15.2. The molecule has 0 amide bonds. The highest BCUT2D eigenvalue weighted by Crippen LogP contribution is 2.27. The molecule has 2 aromatic rings. The molecule has 2 aromatic heterocycles. The maximum Gasteiger partial charge on any atom is 0.347 e. The zero-order valence-corrected chi connectivity index (χ0v) is 8.17. The maximum absolute atomic E-state index is 10.8. The molecule has 14 heavy (non-hydrogen) atoms. The van der Waals surface area contributed by atoms with E-state index in [4.69, 9.17) is 9.52 Å². The van der Waals surface area contributed by atoms with Crippen molar-refractivity contribution < 1.29 is 14.3 Å². The Morgan fingerprint density at radius 3 is 2.93 bits per heavy atom. The van der Waals surface area contributed by atoms with Gasteiger partial charge in [-0.15, -0.1) is 11.3 Å². The number of hydrogen-bond acceptors (Lipinski definition) is 4. The van der Waals surface area contributed by atoms with Crippen molar-refractivity contribution in [3.63, 3.8) is 0 Å². The second-order valence-corrected chi connectivity index (χ2v) is 3.75. The molecule has 0 aromatic carbocycles. The third kappa shape index (κ3) is 1.42. The van der Waals surface area contributed by atoms with Crippen LogP contribution in [0.25, 0.3) is 10.6 Å². The van der Waals surface area contributed by atoms with Gasteiger partial charge < -0.3 is 9.52 Å². The van der Waals surface area contributed by atoms with Crippen LogP contribution in [0.1, 0.15) is 15.4 Å². The number of aryl methyl sites for hydroxylation is 1. The summed E-state index contributed by atoms with van der Waals surface area (Å²) in [6.45, 7) is 1.68. The highest BCUT2D eigenvalue weighted by atomic mass is 32.1. The Kier molecular flexibility index (Phi) is 2.09. The Balaban J connectivity index is 2.48. The molecule has 0 spiro atoms. The minimum atomic E-state index is -0.935. The van der Waals surface area contributed by atoms with Gasteiger partial charge in [-0.2, -0.15) is 0 Å². The summed E-state index contributed by atoms with van der Waals surface area (Å²) in [6, 6.07) is 1.75. The van der Waals surface area contributed by atoms with Gasteiger partial charge in [0.2, 0.25) is 0 Å². The number of aromatic carboxylic acids is 1. The number of carboxylic acid groups (broad SMARTS) is 1. The van der Waals surface area contributed by atoms with E-state index in [2.05, 4.69) is 4.98 Å². The predicted molar refractivity (Wildman–Crippen MR) is 51.5 cm³/mol. The van der Waals surface area contributed by atoms with Gasteiger partial charge in [-0.1, -0.05) is 0 Å². The summed E-state index contributed by atoms with van der Waals surface area (Å²) in [5.41, 5.74) is 1.35. The first-order valence-corrected chi connectivity index (χ1v) is 4.73. The van der Waals surface area contributed by atoms with Crippen molar-refractivity contribution in [2.75, 3.05) is 0 Å². The van der Waals surface area contributed by atoms with E-state index in [1.54, 1.807) is 19.3 Å². The van der Waals surface area contributed by atoms with Crippen LogP contribution in [0, 0.1) is 6.92 Å². The van der Waals surface area contributed by atoms with E-state index in [0.29, 0.717) is 10.7 Å². The Labute approximate surface area is 83.8 Å². The highest BCUT2D eigenvalue weighted by molar-refractivity contribution is 7.17. The molecule has 0 aliphatic carbocycles. The van der Waals surface area contributed by atoms with Gasteiger partial charge in [0.25, 0.3) is 0 Å². The molecule has 0 fully saturated rings. The summed E-state index contributed by atoms with van der Waals surface area (Å²) >= 11 is 1.15. The Morgan fingerprint density at radius 1 is 1.64 bits per heavy atom. The van der Waals surface area contributed by atoms with E-state index in [9.17, 15) is 4.79 Å². The Hall–Kier alpha value is -1.62. The largest absolute Gasteiger partial charge is 0.477 e. The standard InChI is InChI=1S/C9H7NO3S/c1-5-7(9(11)12)14-8(10-5)6-2-3-13-4-6/h2-4H,1H3,(H,11,12). The van der Waals surface area contributed by atoms with E-state index in [0.717, 1.165) is 16.9 Å². The van der Waals surface area contributed by atoms with Crippen LogP contribution < -0.4 is 0 Å². The van der Waals surface area contributed by atoms with E-state index < -0.39 is 5.97 Å². The SMILES string of the molecule is Cc1nc(-c2ccoc2)sc1C(=O)O. The van der Waals surface area contributed by atoms with E-state index in [1.807, 2.05) is 0 Å². The molecule has 0 radical (unpaired) electrons. The molecule has 0 saturated heterocycles. The number of carboxylic acids is 1. The van der Waals surface area contributed by atoms with E-state index in [-0.39, 0.29) is 4.88 Å². The molecule has 5 heteroatoms. The van der Waals surface area contributed by atoms with Crippen LogP contribution in [0.3, 0.4) is 0 Å². The number of furan rings is 1.